The molecule has 2 amide bonds. The van der Waals surface area contributed by atoms with Crippen molar-refractivity contribution in [2.75, 3.05) is 13.1 Å². The van der Waals surface area contributed by atoms with Crippen LogP contribution in [0.5, 0.6) is 0 Å². The number of nitrogens with one attached hydrogen (secondary N) is 2. The van der Waals surface area contributed by atoms with Gasteiger partial charge in [0.2, 0.25) is 5.91 Å². The summed E-state index contributed by atoms with van der Waals surface area (Å²) in [5, 5.41) is 9.54. The second-order valence-electron chi connectivity index (χ2n) is 6.01. The molecule has 1 heterocycles. The first kappa shape index (κ1) is 17.0. The molecule has 2 N–H and O–H groups in total. The van der Waals surface area contributed by atoms with Gasteiger partial charge in [-0.2, -0.15) is 11.3 Å². The number of thiophene rings is 1. The van der Waals surface area contributed by atoms with E-state index in [-0.39, 0.29) is 11.8 Å². The lowest BCUT2D eigenvalue weighted by molar-refractivity contribution is -0.121. The molecule has 5 heteroatoms. The molecule has 2 rings (SSSR count). The van der Waals surface area contributed by atoms with Gasteiger partial charge in [0.15, 0.2) is 0 Å². The molecule has 0 saturated heterocycles. The van der Waals surface area contributed by atoms with Crippen LogP contribution in [0, 0.1) is 5.92 Å². The maximum Gasteiger partial charge on any atom is 0.252 e. The van der Waals surface area contributed by atoms with E-state index in [4.69, 9.17) is 0 Å². The summed E-state index contributed by atoms with van der Waals surface area (Å²) in [6, 6.07) is 1.80. The molecule has 0 spiro atoms. The van der Waals surface area contributed by atoms with Gasteiger partial charge < -0.3 is 10.6 Å². The minimum atomic E-state index is -0.0565. The molecule has 1 aliphatic carbocycles. The van der Waals surface area contributed by atoms with Crippen LogP contribution >= 0.6 is 11.3 Å². The summed E-state index contributed by atoms with van der Waals surface area (Å²) in [5.41, 5.74) is 0.696. The standard InChI is InChI=1S/C17H26N2O2S/c20-16(18-11-8-14-5-2-1-3-6-14)7-4-10-19-17(21)15-9-12-22-13-15/h9,12-14H,1-8,10-11H2,(H,18,20)(H,19,21). The minimum Gasteiger partial charge on any atom is -0.356 e. The molecule has 4 nitrogen and oxygen atoms in total. The van der Waals surface area contributed by atoms with E-state index in [9.17, 15) is 9.59 Å². The summed E-state index contributed by atoms with van der Waals surface area (Å²) in [7, 11) is 0. The van der Waals surface area contributed by atoms with Crippen LogP contribution in [0.15, 0.2) is 16.8 Å². The van der Waals surface area contributed by atoms with E-state index in [0.717, 1.165) is 18.9 Å². The van der Waals surface area contributed by atoms with E-state index in [1.807, 2.05) is 10.8 Å². The van der Waals surface area contributed by atoms with Crippen molar-refractivity contribution >= 4 is 23.2 Å². The number of carbonyl (C=O) groups excluding carboxylic acids is 2. The Balaban J connectivity index is 1.48. The van der Waals surface area contributed by atoms with Crippen LogP contribution in [-0.4, -0.2) is 24.9 Å². The molecule has 1 saturated carbocycles. The largest absolute Gasteiger partial charge is 0.356 e. The molecule has 0 aromatic carbocycles. The Morgan fingerprint density at radius 1 is 1.14 bits per heavy atom. The van der Waals surface area contributed by atoms with Crippen molar-refractivity contribution in [3.05, 3.63) is 22.4 Å². The lowest BCUT2D eigenvalue weighted by Crippen LogP contribution is -2.28. The summed E-state index contributed by atoms with van der Waals surface area (Å²) < 4.78 is 0. The van der Waals surface area contributed by atoms with Crippen molar-refractivity contribution in [3.8, 4) is 0 Å². The maximum atomic E-state index is 11.7. The van der Waals surface area contributed by atoms with Gasteiger partial charge in [-0.3, -0.25) is 9.59 Å². The molecule has 0 unspecified atom stereocenters. The zero-order valence-corrected chi connectivity index (χ0v) is 13.9. The van der Waals surface area contributed by atoms with Crippen LogP contribution < -0.4 is 10.6 Å². The predicted octanol–water partition coefficient (Wildman–Crippen LogP) is 3.34. The molecule has 1 aromatic rings. The van der Waals surface area contributed by atoms with E-state index in [0.29, 0.717) is 24.9 Å². The lowest BCUT2D eigenvalue weighted by Gasteiger charge is -2.21. The summed E-state index contributed by atoms with van der Waals surface area (Å²) in [6.07, 6.45) is 9.00. The molecule has 22 heavy (non-hydrogen) atoms. The number of hydrogen-bond donors (Lipinski definition) is 2. The zero-order valence-electron chi connectivity index (χ0n) is 13.1. The Morgan fingerprint density at radius 2 is 1.95 bits per heavy atom. The normalized spacial score (nSPS) is 15.5. The highest BCUT2D eigenvalue weighted by Crippen LogP contribution is 2.25. The highest BCUT2D eigenvalue weighted by atomic mass is 32.1. The van der Waals surface area contributed by atoms with Crippen molar-refractivity contribution in [2.45, 2.75) is 51.4 Å². The van der Waals surface area contributed by atoms with Crippen LogP contribution in [0.4, 0.5) is 0 Å². The van der Waals surface area contributed by atoms with Gasteiger partial charge in [0.05, 0.1) is 0 Å². The van der Waals surface area contributed by atoms with Gasteiger partial charge in [-0.05, 0) is 30.2 Å². The monoisotopic (exact) mass is 322 g/mol. The maximum absolute atomic E-state index is 11.7. The Kier molecular flexibility index (Phi) is 7.43. The van der Waals surface area contributed by atoms with Crippen molar-refractivity contribution in [3.63, 3.8) is 0 Å². The average molecular weight is 322 g/mol. The molecule has 0 aliphatic heterocycles. The van der Waals surface area contributed by atoms with Crippen molar-refractivity contribution in [1.82, 2.24) is 10.6 Å². The summed E-state index contributed by atoms with van der Waals surface area (Å²) >= 11 is 1.51. The van der Waals surface area contributed by atoms with Crippen LogP contribution in [0.2, 0.25) is 0 Å². The Labute approximate surface area is 136 Å². The first-order valence-electron chi connectivity index (χ1n) is 8.33. The molecule has 122 valence electrons. The van der Waals surface area contributed by atoms with Crippen LogP contribution in [0.25, 0.3) is 0 Å². The highest BCUT2D eigenvalue weighted by Gasteiger charge is 2.13. The number of hydrogen-bond acceptors (Lipinski definition) is 3. The molecule has 1 aromatic heterocycles. The van der Waals surface area contributed by atoms with Gasteiger partial charge >= 0.3 is 0 Å². The molecule has 1 fully saturated rings. The fourth-order valence-electron chi connectivity index (χ4n) is 2.93. The SMILES string of the molecule is O=C(CCCNC(=O)c1ccsc1)NCCC1CCCCC1. The third-order valence-electron chi connectivity index (χ3n) is 4.25. The van der Waals surface area contributed by atoms with Gasteiger partial charge in [-0.25, -0.2) is 0 Å². The first-order valence-corrected chi connectivity index (χ1v) is 9.27. The van der Waals surface area contributed by atoms with E-state index >= 15 is 0 Å². The lowest BCUT2D eigenvalue weighted by atomic mass is 9.87. The number of amides is 2. The summed E-state index contributed by atoms with van der Waals surface area (Å²) in [5.74, 6) is 0.846. The minimum absolute atomic E-state index is 0.0565. The first-order chi connectivity index (χ1) is 10.8. The molecular formula is C17H26N2O2S. The van der Waals surface area contributed by atoms with Gasteiger partial charge in [-0.15, -0.1) is 0 Å². The third kappa shape index (κ3) is 6.18. The van der Waals surface area contributed by atoms with Crippen molar-refractivity contribution < 1.29 is 9.59 Å². The van der Waals surface area contributed by atoms with Gasteiger partial charge in [0.25, 0.3) is 5.91 Å². The predicted molar refractivity (Wildman–Crippen MR) is 90.1 cm³/mol. The quantitative estimate of drug-likeness (QED) is 0.721. The van der Waals surface area contributed by atoms with Crippen molar-refractivity contribution in [1.29, 1.82) is 0 Å². The van der Waals surface area contributed by atoms with Crippen molar-refractivity contribution in [2.24, 2.45) is 5.92 Å². The second kappa shape index (κ2) is 9.62. The van der Waals surface area contributed by atoms with Gasteiger partial charge in [0.1, 0.15) is 0 Å². The molecule has 0 bridgehead atoms. The van der Waals surface area contributed by atoms with Crippen LogP contribution in [0.1, 0.15) is 61.7 Å². The van der Waals surface area contributed by atoms with Gasteiger partial charge in [0, 0.05) is 30.5 Å². The number of carbonyl (C=O) groups is 2. The smallest absolute Gasteiger partial charge is 0.252 e. The average Bonchev–Trinajstić information content (AvgIpc) is 3.07. The molecular weight excluding hydrogens is 296 g/mol. The molecule has 0 radical (unpaired) electrons. The summed E-state index contributed by atoms with van der Waals surface area (Å²) in [6.45, 7) is 1.34. The van der Waals surface area contributed by atoms with Crippen LogP contribution in [0.3, 0.4) is 0 Å². The fourth-order valence-corrected chi connectivity index (χ4v) is 3.56. The molecule has 0 atom stereocenters. The van der Waals surface area contributed by atoms with E-state index in [1.165, 1.54) is 43.4 Å². The Bertz CT molecular complexity index is 453. The van der Waals surface area contributed by atoms with E-state index in [2.05, 4.69) is 10.6 Å². The van der Waals surface area contributed by atoms with E-state index < -0.39 is 0 Å². The Hall–Kier alpha value is -1.36. The second-order valence-corrected chi connectivity index (χ2v) is 6.79. The Morgan fingerprint density at radius 3 is 2.68 bits per heavy atom. The van der Waals surface area contributed by atoms with Crippen LogP contribution in [-0.2, 0) is 4.79 Å². The fraction of sp³-hybridized carbons (Fsp3) is 0.647. The number of rotatable bonds is 8. The third-order valence-corrected chi connectivity index (χ3v) is 4.93. The molecule has 1 aliphatic rings. The zero-order chi connectivity index (χ0) is 15.6. The van der Waals surface area contributed by atoms with E-state index in [1.54, 1.807) is 6.07 Å². The van der Waals surface area contributed by atoms with Gasteiger partial charge in [-0.1, -0.05) is 32.1 Å². The summed E-state index contributed by atoms with van der Waals surface area (Å²) in [4.78, 5) is 23.4. The topological polar surface area (TPSA) is 58.2 Å². The highest BCUT2D eigenvalue weighted by molar-refractivity contribution is 7.08.